The highest BCUT2D eigenvalue weighted by atomic mass is 35.5. The molecular formula is C16H13ClFN. The first-order valence-corrected chi connectivity index (χ1v) is 6.51. The summed E-state index contributed by atoms with van der Waals surface area (Å²) in [7, 11) is 0. The Kier molecular flexibility index (Phi) is 3.03. The zero-order valence-corrected chi connectivity index (χ0v) is 11.3. The van der Waals surface area contributed by atoms with Gasteiger partial charge in [0.25, 0.3) is 0 Å². The molecule has 2 aromatic carbocycles. The Morgan fingerprint density at radius 1 is 1.16 bits per heavy atom. The van der Waals surface area contributed by atoms with Crippen LogP contribution in [0.5, 0.6) is 0 Å². The first-order valence-electron chi connectivity index (χ1n) is 6.13. The van der Waals surface area contributed by atoms with Crippen LogP contribution in [-0.2, 0) is 6.54 Å². The van der Waals surface area contributed by atoms with Crippen LogP contribution in [0, 0.1) is 12.7 Å². The van der Waals surface area contributed by atoms with E-state index in [0.29, 0.717) is 17.1 Å². The second-order valence-corrected chi connectivity index (χ2v) is 5.12. The van der Waals surface area contributed by atoms with E-state index >= 15 is 0 Å². The Bertz CT molecular complexity index is 746. The second-order valence-electron chi connectivity index (χ2n) is 4.69. The third-order valence-electron chi connectivity index (χ3n) is 3.39. The number of aromatic nitrogens is 1. The van der Waals surface area contributed by atoms with Gasteiger partial charge in [-0.25, -0.2) is 4.39 Å². The van der Waals surface area contributed by atoms with Gasteiger partial charge >= 0.3 is 0 Å². The molecule has 0 aliphatic heterocycles. The number of hydrogen-bond acceptors (Lipinski definition) is 0. The summed E-state index contributed by atoms with van der Waals surface area (Å²) in [4.78, 5) is 0. The minimum absolute atomic E-state index is 0.262. The van der Waals surface area contributed by atoms with Crippen LogP contribution in [0.1, 0.15) is 11.1 Å². The lowest BCUT2D eigenvalue weighted by molar-refractivity contribution is 0.602. The predicted molar refractivity (Wildman–Crippen MR) is 77.2 cm³/mol. The molecule has 1 nitrogen and oxygen atoms in total. The Morgan fingerprint density at radius 3 is 2.79 bits per heavy atom. The van der Waals surface area contributed by atoms with Gasteiger partial charge in [-0.05, 0) is 36.8 Å². The van der Waals surface area contributed by atoms with Crippen LogP contribution in [0.4, 0.5) is 4.39 Å². The molecule has 96 valence electrons. The molecule has 3 heteroatoms. The predicted octanol–water partition coefficient (Wildman–Crippen LogP) is 4.79. The fourth-order valence-corrected chi connectivity index (χ4v) is 2.51. The van der Waals surface area contributed by atoms with Gasteiger partial charge in [0.2, 0.25) is 0 Å². The van der Waals surface area contributed by atoms with E-state index in [1.165, 1.54) is 17.0 Å². The average molecular weight is 274 g/mol. The van der Waals surface area contributed by atoms with Gasteiger partial charge in [-0.1, -0.05) is 29.8 Å². The summed E-state index contributed by atoms with van der Waals surface area (Å²) in [6.07, 6.45) is 1.99. The molecular weight excluding hydrogens is 261 g/mol. The monoisotopic (exact) mass is 273 g/mol. The molecule has 0 aliphatic carbocycles. The smallest absolute Gasteiger partial charge is 0.129 e. The Morgan fingerprint density at radius 2 is 2.00 bits per heavy atom. The highest BCUT2D eigenvalue weighted by molar-refractivity contribution is 6.30. The first kappa shape index (κ1) is 12.2. The number of aryl methyl sites for hydroxylation is 1. The molecule has 0 amide bonds. The van der Waals surface area contributed by atoms with Crippen molar-refractivity contribution >= 4 is 22.5 Å². The largest absolute Gasteiger partial charge is 0.343 e. The van der Waals surface area contributed by atoms with Crippen molar-refractivity contribution in [3.05, 3.63) is 70.6 Å². The van der Waals surface area contributed by atoms with Gasteiger partial charge < -0.3 is 4.57 Å². The van der Waals surface area contributed by atoms with E-state index in [9.17, 15) is 4.39 Å². The summed E-state index contributed by atoms with van der Waals surface area (Å²) < 4.78 is 15.9. The summed E-state index contributed by atoms with van der Waals surface area (Å²) >= 11 is 5.77. The standard InChI is InChI=1S/C16H13ClFN/c1-11-3-2-4-16-14(11)7-8-19(16)10-12-5-6-13(17)9-15(12)18/h2-9H,10H2,1H3. The molecule has 3 rings (SSSR count). The zero-order chi connectivity index (χ0) is 13.4. The maximum Gasteiger partial charge on any atom is 0.129 e. The lowest BCUT2D eigenvalue weighted by Crippen LogP contribution is -2.00. The van der Waals surface area contributed by atoms with Crippen LogP contribution in [-0.4, -0.2) is 4.57 Å². The minimum atomic E-state index is -0.262. The topological polar surface area (TPSA) is 4.93 Å². The van der Waals surface area contributed by atoms with Gasteiger partial charge in [0.15, 0.2) is 0 Å². The number of halogens is 2. The van der Waals surface area contributed by atoms with E-state index in [-0.39, 0.29) is 5.82 Å². The van der Waals surface area contributed by atoms with Crippen molar-refractivity contribution in [3.8, 4) is 0 Å². The third kappa shape index (κ3) is 2.24. The van der Waals surface area contributed by atoms with Gasteiger partial charge in [-0.15, -0.1) is 0 Å². The SMILES string of the molecule is Cc1cccc2c1ccn2Cc1ccc(Cl)cc1F. The van der Waals surface area contributed by atoms with E-state index < -0.39 is 0 Å². The molecule has 19 heavy (non-hydrogen) atoms. The van der Waals surface area contributed by atoms with Crippen LogP contribution in [0.2, 0.25) is 5.02 Å². The molecule has 0 unspecified atom stereocenters. The minimum Gasteiger partial charge on any atom is -0.343 e. The zero-order valence-electron chi connectivity index (χ0n) is 10.5. The van der Waals surface area contributed by atoms with Gasteiger partial charge in [0.05, 0.1) is 6.54 Å². The molecule has 0 radical (unpaired) electrons. The number of hydrogen-bond donors (Lipinski definition) is 0. The molecule has 1 heterocycles. The molecule has 0 N–H and O–H groups in total. The summed E-state index contributed by atoms with van der Waals surface area (Å²) in [6, 6.07) is 13.0. The Balaban J connectivity index is 2.04. The third-order valence-corrected chi connectivity index (χ3v) is 3.62. The number of rotatable bonds is 2. The van der Waals surface area contributed by atoms with Gasteiger partial charge in [0.1, 0.15) is 5.82 Å². The molecule has 0 bridgehead atoms. The number of fused-ring (bicyclic) bond motifs is 1. The lowest BCUT2D eigenvalue weighted by Gasteiger charge is -2.07. The van der Waals surface area contributed by atoms with Crippen molar-refractivity contribution in [2.24, 2.45) is 0 Å². The van der Waals surface area contributed by atoms with Crippen molar-refractivity contribution < 1.29 is 4.39 Å². The van der Waals surface area contributed by atoms with Crippen molar-refractivity contribution in [2.45, 2.75) is 13.5 Å². The van der Waals surface area contributed by atoms with Gasteiger partial charge in [-0.2, -0.15) is 0 Å². The molecule has 0 aliphatic rings. The quantitative estimate of drug-likeness (QED) is 0.633. The normalized spacial score (nSPS) is 11.1. The summed E-state index contributed by atoms with van der Waals surface area (Å²) in [6.45, 7) is 2.59. The summed E-state index contributed by atoms with van der Waals surface area (Å²) in [5, 5.41) is 1.63. The summed E-state index contributed by atoms with van der Waals surface area (Å²) in [5.74, 6) is -0.262. The van der Waals surface area contributed by atoms with Crippen LogP contribution < -0.4 is 0 Å². The van der Waals surface area contributed by atoms with E-state index in [0.717, 1.165) is 5.52 Å². The molecule has 3 aromatic rings. The molecule has 0 saturated heterocycles. The Hall–Kier alpha value is -1.80. The van der Waals surface area contributed by atoms with Crippen LogP contribution in [0.25, 0.3) is 10.9 Å². The van der Waals surface area contributed by atoms with E-state index in [1.807, 2.05) is 12.3 Å². The first-order chi connectivity index (χ1) is 9.15. The van der Waals surface area contributed by atoms with Crippen LogP contribution in [0.3, 0.4) is 0 Å². The van der Waals surface area contributed by atoms with E-state index in [1.54, 1.807) is 12.1 Å². The number of benzene rings is 2. The van der Waals surface area contributed by atoms with Crippen molar-refractivity contribution in [2.75, 3.05) is 0 Å². The molecule has 0 fully saturated rings. The maximum atomic E-state index is 13.8. The Labute approximate surface area is 116 Å². The van der Waals surface area contributed by atoms with Crippen LogP contribution >= 0.6 is 11.6 Å². The van der Waals surface area contributed by atoms with Gasteiger partial charge in [0, 0.05) is 27.7 Å². The lowest BCUT2D eigenvalue weighted by atomic mass is 10.1. The summed E-state index contributed by atoms with van der Waals surface area (Å²) in [5.41, 5.74) is 2.99. The van der Waals surface area contributed by atoms with Crippen molar-refractivity contribution in [3.63, 3.8) is 0 Å². The molecule has 0 atom stereocenters. The highest BCUT2D eigenvalue weighted by Crippen LogP contribution is 2.22. The number of nitrogens with zero attached hydrogens (tertiary/aromatic N) is 1. The van der Waals surface area contributed by atoms with Crippen molar-refractivity contribution in [1.82, 2.24) is 4.57 Å². The average Bonchev–Trinajstić information content (AvgIpc) is 2.78. The molecule has 0 saturated carbocycles. The van der Waals surface area contributed by atoms with Gasteiger partial charge in [-0.3, -0.25) is 0 Å². The highest BCUT2D eigenvalue weighted by Gasteiger charge is 2.07. The fourth-order valence-electron chi connectivity index (χ4n) is 2.35. The molecule has 0 spiro atoms. The second kappa shape index (κ2) is 4.71. The van der Waals surface area contributed by atoms with Crippen LogP contribution in [0.15, 0.2) is 48.7 Å². The van der Waals surface area contributed by atoms with E-state index in [4.69, 9.17) is 11.6 Å². The molecule has 1 aromatic heterocycles. The maximum absolute atomic E-state index is 13.8. The van der Waals surface area contributed by atoms with E-state index in [2.05, 4.69) is 29.7 Å². The fraction of sp³-hybridized carbons (Fsp3) is 0.125. The van der Waals surface area contributed by atoms with Crippen molar-refractivity contribution in [1.29, 1.82) is 0 Å².